The molecule has 1 aromatic heterocycles. The predicted molar refractivity (Wildman–Crippen MR) is 59.4 cm³/mol. The van der Waals surface area contributed by atoms with Gasteiger partial charge in [-0.05, 0) is 12.8 Å². The molecule has 1 rings (SSSR count). The van der Waals surface area contributed by atoms with E-state index in [4.69, 9.17) is 5.73 Å². The summed E-state index contributed by atoms with van der Waals surface area (Å²) < 4.78 is 0. The van der Waals surface area contributed by atoms with Gasteiger partial charge in [-0.25, -0.2) is 0 Å². The molecular formula is C10H18N4O. The number of rotatable bonds is 4. The molecule has 0 spiro atoms. The monoisotopic (exact) mass is 210 g/mol. The van der Waals surface area contributed by atoms with Crippen molar-refractivity contribution >= 4 is 11.7 Å². The van der Waals surface area contributed by atoms with Crippen LogP contribution in [0.25, 0.3) is 0 Å². The second kappa shape index (κ2) is 4.93. The minimum absolute atomic E-state index is 0.170. The molecule has 15 heavy (non-hydrogen) atoms. The first kappa shape index (κ1) is 11.7. The van der Waals surface area contributed by atoms with Gasteiger partial charge in [0.15, 0.2) is 0 Å². The zero-order valence-electron chi connectivity index (χ0n) is 9.37. The molecule has 4 N–H and O–H groups in total. The normalized spacial score (nSPS) is 14.7. The van der Waals surface area contributed by atoms with Gasteiger partial charge in [-0.3, -0.25) is 9.89 Å². The van der Waals surface area contributed by atoms with Crippen molar-refractivity contribution in [1.29, 1.82) is 0 Å². The number of nitrogens with one attached hydrogen (secondary N) is 2. The molecule has 0 saturated carbocycles. The number of aromatic amines is 1. The lowest BCUT2D eigenvalue weighted by Crippen LogP contribution is -2.40. The van der Waals surface area contributed by atoms with Crippen molar-refractivity contribution in [3.63, 3.8) is 0 Å². The summed E-state index contributed by atoms with van der Waals surface area (Å²) >= 11 is 0. The van der Waals surface area contributed by atoms with Gasteiger partial charge in [0.1, 0.15) is 5.82 Å². The number of H-pyrrole nitrogens is 1. The number of hydrogen-bond donors (Lipinski definition) is 3. The van der Waals surface area contributed by atoms with Gasteiger partial charge in [0.05, 0.1) is 12.2 Å². The maximum absolute atomic E-state index is 11.7. The fraction of sp³-hybridized carbons (Fsp3) is 0.600. The predicted octanol–water partition coefficient (Wildman–Crippen LogP) is 1.03. The standard InChI is InChI=1S/C10H18N4O/c1-4-6(2)8(11)10(15)13-9-7(3)5-12-14-9/h5-6,8H,4,11H2,1-3H3,(H2,12,13,14,15)/t6-,8-/m0/s1. The van der Waals surface area contributed by atoms with Crippen LogP contribution >= 0.6 is 0 Å². The third kappa shape index (κ3) is 2.79. The number of hydrogen-bond acceptors (Lipinski definition) is 3. The lowest BCUT2D eigenvalue weighted by Gasteiger charge is -2.17. The van der Waals surface area contributed by atoms with Crippen molar-refractivity contribution < 1.29 is 4.79 Å². The molecule has 1 aromatic rings. The SMILES string of the molecule is CC[C@H](C)[C@H](N)C(=O)Nc1[nH]ncc1C. The Balaban J connectivity index is 2.60. The van der Waals surface area contributed by atoms with E-state index in [2.05, 4.69) is 15.5 Å². The van der Waals surface area contributed by atoms with E-state index >= 15 is 0 Å². The average Bonchev–Trinajstić information content (AvgIpc) is 2.62. The summed E-state index contributed by atoms with van der Waals surface area (Å²) in [6.45, 7) is 5.84. The molecule has 1 amide bonds. The van der Waals surface area contributed by atoms with Crippen molar-refractivity contribution in [2.24, 2.45) is 11.7 Å². The lowest BCUT2D eigenvalue weighted by molar-refractivity contribution is -0.118. The lowest BCUT2D eigenvalue weighted by atomic mass is 9.99. The van der Waals surface area contributed by atoms with Gasteiger partial charge in [-0.1, -0.05) is 20.3 Å². The minimum Gasteiger partial charge on any atom is -0.320 e. The third-order valence-corrected chi connectivity index (χ3v) is 2.64. The summed E-state index contributed by atoms with van der Waals surface area (Å²) in [5.41, 5.74) is 6.69. The minimum atomic E-state index is -0.474. The molecule has 0 unspecified atom stereocenters. The quantitative estimate of drug-likeness (QED) is 0.694. The van der Waals surface area contributed by atoms with Crippen LogP contribution in [0.15, 0.2) is 6.20 Å². The van der Waals surface area contributed by atoms with Gasteiger partial charge in [0.2, 0.25) is 5.91 Å². The van der Waals surface area contributed by atoms with Gasteiger partial charge >= 0.3 is 0 Å². The molecule has 5 heteroatoms. The average molecular weight is 210 g/mol. The Morgan fingerprint density at radius 3 is 2.87 bits per heavy atom. The zero-order chi connectivity index (χ0) is 11.4. The fourth-order valence-corrected chi connectivity index (χ4v) is 1.19. The molecule has 0 saturated heterocycles. The zero-order valence-corrected chi connectivity index (χ0v) is 9.37. The van der Waals surface area contributed by atoms with Gasteiger partial charge in [-0.15, -0.1) is 0 Å². The number of amides is 1. The smallest absolute Gasteiger partial charge is 0.242 e. The van der Waals surface area contributed by atoms with Gasteiger partial charge in [0, 0.05) is 5.56 Å². The van der Waals surface area contributed by atoms with Crippen molar-refractivity contribution in [3.8, 4) is 0 Å². The van der Waals surface area contributed by atoms with E-state index in [1.54, 1.807) is 6.20 Å². The Kier molecular flexibility index (Phi) is 3.85. The summed E-state index contributed by atoms with van der Waals surface area (Å²) in [7, 11) is 0. The van der Waals surface area contributed by atoms with Gasteiger partial charge < -0.3 is 11.1 Å². The summed E-state index contributed by atoms with van der Waals surface area (Å²) in [6.07, 6.45) is 2.54. The first-order valence-corrected chi connectivity index (χ1v) is 5.12. The number of aromatic nitrogens is 2. The number of aryl methyl sites for hydroxylation is 1. The molecule has 84 valence electrons. The highest BCUT2D eigenvalue weighted by Crippen LogP contribution is 2.11. The molecule has 0 aromatic carbocycles. The van der Waals surface area contributed by atoms with E-state index < -0.39 is 6.04 Å². The summed E-state index contributed by atoms with van der Waals surface area (Å²) in [5, 5.41) is 9.25. The Morgan fingerprint density at radius 1 is 1.73 bits per heavy atom. The first-order chi connectivity index (χ1) is 7.06. The third-order valence-electron chi connectivity index (χ3n) is 2.64. The molecule has 0 aliphatic heterocycles. The van der Waals surface area contributed by atoms with E-state index in [9.17, 15) is 4.79 Å². The van der Waals surface area contributed by atoms with Crippen LogP contribution in [0.4, 0.5) is 5.82 Å². The summed E-state index contributed by atoms with van der Waals surface area (Å²) in [5.74, 6) is 0.628. The van der Waals surface area contributed by atoms with E-state index in [1.807, 2.05) is 20.8 Å². The van der Waals surface area contributed by atoms with Crippen molar-refractivity contribution in [2.75, 3.05) is 5.32 Å². The molecule has 0 fully saturated rings. The van der Waals surface area contributed by atoms with Crippen LogP contribution in [0.2, 0.25) is 0 Å². The second-order valence-corrected chi connectivity index (χ2v) is 3.83. The Labute approximate surface area is 89.4 Å². The Hall–Kier alpha value is -1.36. The number of nitrogens with two attached hydrogens (primary N) is 1. The van der Waals surface area contributed by atoms with Crippen LogP contribution in [0, 0.1) is 12.8 Å². The van der Waals surface area contributed by atoms with Crippen LogP contribution in [0.1, 0.15) is 25.8 Å². The molecule has 0 aliphatic rings. The maximum atomic E-state index is 11.7. The molecule has 5 nitrogen and oxygen atoms in total. The Morgan fingerprint density at radius 2 is 2.40 bits per heavy atom. The molecular weight excluding hydrogens is 192 g/mol. The van der Waals surface area contributed by atoms with E-state index in [-0.39, 0.29) is 11.8 Å². The topological polar surface area (TPSA) is 83.8 Å². The summed E-state index contributed by atoms with van der Waals surface area (Å²) in [4.78, 5) is 11.7. The van der Waals surface area contributed by atoms with Gasteiger partial charge in [-0.2, -0.15) is 5.10 Å². The van der Waals surface area contributed by atoms with E-state index in [0.29, 0.717) is 5.82 Å². The molecule has 1 heterocycles. The maximum Gasteiger partial charge on any atom is 0.242 e. The molecule has 0 radical (unpaired) electrons. The highest BCUT2D eigenvalue weighted by molar-refractivity contribution is 5.94. The first-order valence-electron chi connectivity index (χ1n) is 5.12. The summed E-state index contributed by atoms with van der Waals surface area (Å²) in [6, 6.07) is -0.474. The highest BCUT2D eigenvalue weighted by atomic mass is 16.2. The molecule has 0 aliphatic carbocycles. The van der Waals surface area contributed by atoms with Crippen LogP contribution in [0.3, 0.4) is 0 Å². The molecule has 0 bridgehead atoms. The largest absolute Gasteiger partial charge is 0.320 e. The number of nitrogens with zero attached hydrogens (tertiary/aromatic N) is 1. The van der Waals surface area contributed by atoms with Crippen LogP contribution in [-0.2, 0) is 4.79 Å². The van der Waals surface area contributed by atoms with Crippen LogP contribution < -0.4 is 11.1 Å². The van der Waals surface area contributed by atoms with Crippen LogP contribution in [-0.4, -0.2) is 22.1 Å². The van der Waals surface area contributed by atoms with E-state index in [1.165, 1.54) is 0 Å². The van der Waals surface area contributed by atoms with Crippen molar-refractivity contribution in [3.05, 3.63) is 11.8 Å². The molecule has 2 atom stereocenters. The Bertz CT molecular complexity index is 334. The van der Waals surface area contributed by atoms with Crippen LogP contribution in [0.5, 0.6) is 0 Å². The fourth-order valence-electron chi connectivity index (χ4n) is 1.19. The van der Waals surface area contributed by atoms with E-state index in [0.717, 1.165) is 12.0 Å². The van der Waals surface area contributed by atoms with Crippen molar-refractivity contribution in [2.45, 2.75) is 33.2 Å². The van der Waals surface area contributed by atoms with Crippen molar-refractivity contribution in [1.82, 2.24) is 10.2 Å². The number of anilines is 1. The highest BCUT2D eigenvalue weighted by Gasteiger charge is 2.20. The number of carbonyl (C=O) groups is 1. The number of carbonyl (C=O) groups excluding carboxylic acids is 1. The second-order valence-electron chi connectivity index (χ2n) is 3.83. The van der Waals surface area contributed by atoms with Gasteiger partial charge in [0.25, 0.3) is 0 Å².